The molecule has 0 spiro atoms. The van der Waals surface area contributed by atoms with Crippen molar-refractivity contribution in [3.63, 3.8) is 0 Å². The fourth-order valence-electron chi connectivity index (χ4n) is 2.90. The van der Waals surface area contributed by atoms with Crippen molar-refractivity contribution in [2.75, 3.05) is 26.3 Å². The molecular weight excluding hydrogens is 242 g/mol. The zero-order valence-electron chi connectivity index (χ0n) is 11.5. The van der Waals surface area contributed by atoms with Crippen LogP contribution in [0.15, 0.2) is 4.52 Å². The predicted octanol–water partition coefficient (Wildman–Crippen LogP) is 2.34. The van der Waals surface area contributed by atoms with E-state index >= 15 is 0 Å². The van der Waals surface area contributed by atoms with Crippen LogP contribution in [0.1, 0.15) is 56.2 Å². The molecule has 106 valence electrons. The minimum absolute atomic E-state index is 0.338. The zero-order chi connectivity index (χ0) is 12.9. The SMILES string of the molecule is C1CCCN(Cc2nc([C@H]3CCOC3)no2)CCC1. The van der Waals surface area contributed by atoms with Gasteiger partial charge in [-0.15, -0.1) is 0 Å². The highest BCUT2D eigenvalue weighted by molar-refractivity contribution is 4.97. The first-order valence-electron chi connectivity index (χ1n) is 7.54. The Morgan fingerprint density at radius 3 is 2.63 bits per heavy atom. The topological polar surface area (TPSA) is 51.4 Å². The maximum absolute atomic E-state index is 5.39. The summed E-state index contributed by atoms with van der Waals surface area (Å²) < 4.78 is 10.8. The Morgan fingerprint density at radius 1 is 1.11 bits per heavy atom. The lowest BCUT2D eigenvalue weighted by Gasteiger charge is -2.22. The number of likely N-dealkylation sites (tertiary alicyclic amines) is 1. The molecule has 19 heavy (non-hydrogen) atoms. The molecule has 2 aliphatic rings. The van der Waals surface area contributed by atoms with Crippen LogP contribution in [0.3, 0.4) is 0 Å². The van der Waals surface area contributed by atoms with E-state index in [-0.39, 0.29) is 0 Å². The predicted molar refractivity (Wildman–Crippen MR) is 70.8 cm³/mol. The van der Waals surface area contributed by atoms with Gasteiger partial charge >= 0.3 is 0 Å². The van der Waals surface area contributed by atoms with E-state index in [0.29, 0.717) is 5.92 Å². The second-order valence-corrected chi connectivity index (χ2v) is 5.65. The monoisotopic (exact) mass is 265 g/mol. The van der Waals surface area contributed by atoms with Gasteiger partial charge in [-0.1, -0.05) is 24.4 Å². The van der Waals surface area contributed by atoms with Gasteiger partial charge in [-0.2, -0.15) is 4.98 Å². The van der Waals surface area contributed by atoms with Gasteiger partial charge in [0.15, 0.2) is 5.82 Å². The lowest BCUT2D eigenvalue weighted by Crippen LogP contribution is -2.27. The Morgan fingerprint density at radius 2 is 1.89 bits per heavy atom. The number of aromatic nitrogens is 2. The summed E-state index contributed by atoms with van der Waals surface area (Å²) in [6, 6.07) is 0. The van der Waals surface area contributed by atoms with Gasteiger partial charge in [-0.05, 0) is 32.4 Å². The zero-order valence-corrected chi connectivity index (χ0v) is 11.5. The first-order chi connectivity index (χ1) is 9.42. The fourth-order valence-corrected chi connectivity index (χ4v) is 2.90. The first kappa shape index (κ1) is 13.1. The maximum Gasteiger partial charge on any atom is 0.240 e. The number of nitrogens with zero attached hydrogens (tertiary/aromatic N) is 3. The second-order valence-electron chi connectivity index (χ2n) is 5.65. The van der Waals surface area contributed by atoms with Crippen molar-refractivity contribution < 1.29 is 9.26 Å². The average Bonchev–Trinajstić information content (AvgIpc) is 3.03. The molecule has 5 heteroatoms. The van der Waals surface area contributed by atoms with Gasteiger partial charge in [0.05, 0.1) is 13.2 Å². The minimum Gasteiger partial charge on any atom is -0.381 e. The van der Waals surface area contributed by atoms with E-state index in [1.807, 2.05) is 0 Å². The highest BCUT2D eigenvalue weighted by Crippen LogP contribution is 2.22. The molecule has 1 aromatic heterocycles. The molecule has 2 aliphatic heterocycles. The summed E-state index contributed by atoms with van der Waals surface area (Å²) in [4.78, 5) is 6.99. The van der Waals surface area contributed by atoms with Crippen LogP contribution in [0.2, 0.25) is 0 Å². The lowest BCUT2D eigenvalue weighted by molar-refractivity contribution is 0.192. The van der Waals surface area contributed by atoms with Crippen molar-refractivity contribution in [1.82, 2.24) is 15.0 Å². The lowest BCUT2D eigenvalue weighted by atomic mass is 10.1. The van der Waals surface area contributed by atoms with Crippen molar-refractivity contribution in [2.45, 2.75) is 51.0 Å². The second kappa shape index (κ2) is 6.48. The minimum atomic E-state index is 0.338. The van der Waals surface area contributed by atoms with E-state index in [4.69, 9.17) is 9.26 Å². The van der Waals surface area contributed by atoms with Crippen LogP contribution < -0.4 is 0 Å². The van der Waals surface area contributed by atoms with E-state index in [1.54, 1.807) is 0 Å². The van der Waals surface area contributed by atoms with Gasteiger partial charge < -0.3 is 9.26 Å². The molecule has 1 atom stereocenters. The summed E-state index contributed by atoms with van der Waals surface area (Å²) in [5.74, 6) is 1.94. The standard InChI is InChI=1S/C14H23N3O2/c1-2-4-7-17(8-5-3-1)10-13-15-14(16-19-13)12-6-9-18-11-12/h12H,1-11H2/t12-/m0/s1. The normalized spacial score (nSPS) is 26.2. The van der Waals surface area contributed by atoms with Gasteiger partial charge in [0.1, 0.15) is 0 Å². The summed E-state index contributed by atoms with van der Waals surface area (Å²) >= 11 is 0. The molecule has 2 saturated heterocycles. The van der Waals surface area contributed by atoms with Crippen LogP contribution in [-0.2, 0) is 11.3 Å². The Hall–Kier alpha value is -0.940. The smallest absolute Gasteiger partial charge is 0.240 e. The van der Waals surface area contributed by atoms with Crippen molar-refractivity contribution in [3.8, 4) is 0 Å². The fraction of sp³-hybridized carbons (Fsp3) is 0.857. The number of rotatable bonds is 3. The van der Waals surface area contributed by atoms with Crippen molar-refractivity contribution in [1.29, 1.82) is 0 Å². The molecule has 0 unspecified atom stereocenters. The van der Waals surface area contributed by atoms with Crippen LogP contribution in [-0.4, -0.2) is 41.3 Å². The molecule has 0 bridgehead atoms. The van der Waals surface area contributed by atoms with Crippen LogP contribution in [0.25, 0.3) is 0 Å². The van der Waals surface area contributed by atoms with Gasteiger partial charge in [-0.3, -0.25) is 4.90 Å². The van der Waals surface area contributed by atoms with E-state index in [2.05, 4.69) is 15.0 Å². The molecule has 0 radical (unpaired) electrons. The molecule has 5 nitrogen and oxygen atoms in total. The summed E-state index contributed by atoms with van der Waals surface area (Å²) in [6.45, 7) is 4.68. The molecule has 0 saturated carbocycles. The third-order valence-corrected chi connectivity index (χ3v) is 4.09. The molecule has 0 amide bonds. The van der Waals surface area contributed by atoms with Gasteiger partial charge in [0, 0.05) is 12.5 Å². The highest BCUT2D eigenvalue weighted by atomic mass is 16.5. The van der Waals surface area contributed by atoms with E-state index in [1.165, 1.54) is 32.1 Å². The maximum atomic E-state index is 5.39. The van der Waals surface area contributed by atoms with E-state index in [0.717, 1.165) is 51.0 Å². The van der Waals surface area contributed by atoms with Crippen LogP contribution in [0.5, 0.6) is 0 Å². The van der Waals surface area contributed by atoms with Crippen molar-refractivity contribution >= 4 is 0 Å². The molecule has 3 heterocycles. The van der Waals surface area contributed by atoms with Gasteiger partial charge in [0.2, 0.25) is 5.89 Å². The number of hydrogen-bond donors (Lipinski definition) is 0. The quantitative estimate of drug-likeness (QED) is 0.839. The van der Waals surface area contributed by atoms with Crippen LogP contribution in [0.4, 0.5) is 0 Å². The molecule has 0 N–H and O–H groups in total. The van der Waals surface area contributed by atoms with Crippen molar-refractivity contribution in [3.05, 3.63) is 11.7 Å². The Kier molecular flexibility index (Phi) is 4.45. The van der Waals surface area contributed by atoms with E-state index in [9.17, 15) is 0 Å². The molecule has 2 fully saturated rings. The third-order valence-electron chi connectivity index (χ3n) is 4.09. The summed E-state index contributed by atoms with van der Waals surface area (Å²) in [7, 11) is 0. The highest BCUT2D eigenvalue weighted by Gasteiger charge is 2.23. The summed E-state index contributed by atoms with van der Waals surface area (Å²) in [5.41, 5.74) is 0. The first-order valence-corrected chi connectivity index (χ1v) is 7.54. The Labute approximate surface area is 114 Å². The largest absolute Gasteiger partial charge is 0.381 e. The number of hydrogen-bond acceptors (Lipinski definition) is 5. The summed E-state index contributed by atoms with van der Waals surface area (Å²) in [6.07, 6.45) is 7.69. The Balaban J connectivity index is 1.56. The van der Waals surface area contributed by atoms with Gasteiger partial charge in [0.25, 0.3) is 0 Å². The number of ether oxygens (including phenoxy) is 1. The van der Waals surface area contributed by atoms with E-state index < -0.39 is 0 Å². The third kappa shape index (κ3) is 3.54. The average molecular weight is 265 g/mol. The summed E-state index contributed by atoms with van der Waals surface area (Å²) in [5, 5.41) is 4.11. The molecule has 0 aromatic carbocycles. The van der Waals surface area contributed by atoms with Crippen LogP contribution >= 0.6 is 0 Å². The molecule has 0 aliphatic carbocycles. The van der Waals surface area contributed by atoms with Gasteiger partial charge in [-0.25, -0.2) is 0 Å². The van der Waals surface area contributed by atoms with Crippen LogP contribution in [0, 0.1) is 0 Å². The molecular formula is C14H23N3O2. The Bertz CT molecular complexity index is 380. The molecule has 1 aromatic rings. The molecule has 3 rings (SSSR count). The van der Waals surface area contributed by atoms with Crippen molar-refractivity contribution in [2.24, 2.45) is 0 Å².